The summed E-state index contributed by atoms with van der Waals surface area (Å²) in [6.07, 6.45) is 0.966. The van der Waals surface area contributed by atoms with E-state index in [1.165, 1.54) is 19.1 Å². The van der Waals surface area contributed by atoms with E-state index in [9.17, 15) is 19.8 Å². The summed E-state index contributed by atoms with van der Waals surface area (Å²) in [4.78, 5) is 27.1. The van der Waals surface area contributed by atoms with E-state index in [0.29, 0.717) is 17.9 Å². The second kappa shape index (κ2) is 12.3. The van der Waals surface area contributed by atoms with Crippen LogP contribution in [0.3, 0.4) is 0 Å². The van der Waals surface area contributed by atoms with Gasteiger partial charge < -0.3 is 34.1 Å². The highest BCUT2D eigenvalue weighted by Crippen LogP contribution is 2.37. The van der Waals surface area contributed by atoms with Gasteiger partial charge in [-0.2, -0.15) is 0 Å². The first-order valence-corrected chi connectivity index (χ1v) is 13.1. The number of carbonyl (C=O) groups excluding carboxylic acids is 2. The summed E-state index contributed by atoms with van der Waals surface area (Å²) in [7, 11) is 4.52. The predicted octanol–water partition coefficient (Wildman–Crippen LogP) is 3.51. The number of fused-ring (bicyclic) bond motifs is 4. The Morgan fingerprint density at radius 3 is 2.56 bits per heavy atom. The van der Waals surface area contributed by atoms with Crippen LogP contribution in [-0.4, -0.2) is 79.2 Å². The number of rotatable bonds is 2. The molecule has 1 aromatic carbocycles. The number of hydrogen-bond donors (Lipinski definition) is 3. The molecular formula is C28H39ClN2O8. The van der Waals surface area contributed by atoms with Crippen LogP contribution in [0.4, 0.5) is 10.5 Å². The smallest absolute Gasteiger partial charge is 0.409 e. The van der Waals surface area contributed by atoms with Crippen molar-refractivity contribution in [2.45, 2.75) is 82.7 Å². The first-order valence-electron chi connectivity index (χ1n) is 12.8. The van der Waals surface area contributed by atoms with E-state index in [2.05, 4.69) is 5.32 Å². The molecule has 5 atom stereocenters. The molecule has 3 N–H and O–H groups in total. The molecule has 4 bridgehead atoms. The number of benzene rings is 1. The van der Waals surface area contributed by atoms with Crippen LogP contribution in [0, 0.1) is 0 Å². The van der Waals surface area contributed by atoms with Gasteiger partial charge in [-0.25, -0.2) is 4.79 Å². The highest BCUT2D eigenvalue weighted by Gasteiger charge is 2.47. The van der Waals surface area contributed by atoms with Crippen LogP contribution in [0.15, 0.2) is 35.9 Å². The summed E-state index contributed by atoms with van der Waals surface area (Å²) < 4.78 is 22.5. The Morgan fingerprint density at radius 2 is 1.92 bits per heavy atom. The molecule has 10 nitrogen and oxygen atoms in total. The number of alkyl carbamates (subject to hydrolysis) is 1. The van der Waals surface area contributed by atoms with E-state index in [-0.39, 0.29) is 23.8 Å². The minimum Gasteiger partial charge on any atom is -0.495 e. The van der Waals surface area contributed by atoms with Gasteiger partial charge in [0.1, 0.15) is 23.0 Å². The Kier molecular flexibility index (Phi) is 9.72. The van der Waals surface area contributed by atoms with E-state index >= 15 is 0 Å². The molecule has 2 amide bonds. The number of nitrogens with one attached hydrogen (secondary N) is 1. The van der Waals surface area contributed by atoms with Gasteiger partial charge >= 0.3 is 6.09 Å². The number of carbonyl (C=O) groups is 2. The standard InChI is InChI=1S/C28H39ClN2O8/c1-16-9-8-10-23(37-7)28(35)15-21(38-26(34)30-28)17(2)39-27(3,4)22(32)14-24(33)31(5)19-12-18(11-16)13-20(36-6)25(19)29/h8-10,12-13,17,21-23,32,35H,11,14-15H2,1-7H3,(H,30,34)/b10-8+,16-9+/t17-,21+,22+,23-,28+/m1/s1. The second-order valence-corrected chi connectivity index (χ2v) is 11.0. The van der Waals surface area contributed by atoms with Crippen molar-refractivity contribution in [1.29, 1.82) is 0 Å². The van der Waals surface area contributed by atoms with Gasteiger partial charge in [-0.15, -0.1) is 0 Å². The van der Waals surface area contributed by atoms with Crippen LogP contribution in [0.5, 0.6) is 5.75 Å². The minimum absolute atomic E-state index is 0.0383. The summed E-state index contributed by atoms with van der Waals surface area (Å²) in [5.41, 5.74) is -0.717. The van der Waals surface area contributed by atoms with E-state index in [0.717, 1.165) is 11.1 Å². The second-order valence-electron chi connectivity index (χ2n) is 10.7. The molecule has 1 aromatic rings. The number of aliphatic hydroxyl groups is 2. The zero-order chi connectivity index (χ0) is 29.1. The maximum atomic E-state index is 13.2. The maximum Gasteiger partial charge on any atom is 0.409 e. The highest BCUT2D eigenvalue weighted by atomic mass is 35.5. The van der Waals surface area contributed by atoms with Crippen molar-refractivity contribution in [2.24, 2.45) is 0 Å². The van der Waals surface area contributed by atoms with Gasteiger partial charge in [-0.3, -0.25) is 10.1 Å². The van der Waals surface area contributed by atoms with Crippen molar-refractivity contribution < 1.29 is 38.7 Å². The van der Waals surface area contributed by atoms with Crippen molar-refractivity contribution in [1.82, 2.24) is 5.32 Å². The van der Waals surface area contributed by atoms with E-state index in [1.54, 1.807) is 46.0 Å². The Morgan fingerprint density at radius 1 is 1.23 bits per heavy atom. The predicted molar refractivity (Wildman–Crippen MR) is 147 cm³/mol. The lowest BCUT2D eigenvalue weighted by molar-refractivity contribution is -0.191. The topological polar surface area (TPSA) is 127 Å². The van der Waals surface area contributed by atoms with Crippen molar-refractivity contribution in [2.75, 3.05) is 26.2 Å². The van der Waals surface area contributed by atoms with Crippen molar-refractivity contribution in [3.05, 3.63) is 46.5 Å². The van der Waals surface area contributed by atoms with E-state index in [4.69, 9.17) is 30.5 Å². The molecule has 1 fully saturated rings. The summed E-state index contributed by atoms with van der Waals surface area (Å²) in [5, 5.41) is 25.1. The lowest BCUT2D eigenvalue weighted by atomic mass is 9.93. The molecule has 0 saturated carbocycles. The fourth-order valence-electron chi connectivity index (χ4n) is 4.78. The van der Waals surface area contributed by atoms with Gasteiger partial charge in [0.2, 0.25) is 5.91 Å². The molecule has 2 aliphatic rings. The van der Waals surface area contributed by atoms with Gasteiger partial charge in [-0.05, 0) is 51.8 Å². The van der Waals surface area contributed by atoms with Gasteiger partial charge in [-0.1, -0.05) is 35.4 Å². The fraction of sp³-hybridized carbons (Fsp3) is 0.571. The van der Waals surface area contributed by atoms with Gasteiger partial charge in [0.15, 0.2) is 5.72 Å². The first kappa shape index (κ1) is 30.9. The number of aliphatic hydroxyl groups excluding tert-OH is 1. The Hall–Kier alpha value is -2.63. The van der Waals surface area contributed by atoms with Crippen LogP contribution in [-0.2, 0) is 25.4 Å². The van der Waals surface area contributed by atoms with Crippen molar-refractivity contribution >= 4 is 29.3 Å². The number of amides is 2. The number of allylic oxidation sites excluding steroid dienone is 3. The fourth-order valence-corrected chi connectivity index (χ4v) is 5.09. The maximum absolute atomic E-state index is 13.2. The molecule has 0 aliphatic carbocycles. The number of methoxy groups -OCH3 is 2. The van der Waals surface area contributed by atoms with E-state index < -0.39 is 41.8 Å². The first-order chi connectivity index (χ1) is 18.2. The molecule has 2 heterocycles. The van der Waals surface area contributed by atoms with Crippen LogP contribution in [0.2, 0.25) is 5.02 Å². The quantitative estimate of drug-likeness (QED) is 0.496. The lowest BCUT2D eigenvalue weighted by Crippen LogP contribution is -2.64. The summed E-state index contributed by atoms with van der Waals surface area (Å²) in [5.74, 6) is 0.0347. The highest BCUT2D eigenvalue weighted by molar-refractivity contribution is 6.35. The Labute approximate surface area is 234 Å². The number of ether oxygens (including phenoxy) is 4. The number of hydrogen-bond acceptors (Lipinski definition) is 8. The Bertz CT molecular complexity index is 1140. The largest absolute Gasteiger partial charge is 0.495 e. The molecule has 39 heavy (non-hydrogen) atoms. The molecule has 1 saturated heterocycles. The molecule has 216 valence electrons. The molecule has 2 aliphatic heterocycles. The van der Waals surface area contributed by atoms with Crippen LogP contribution in [0.1, 0.15) is 46.1 Å². The number of nitrogens with zero attached hydrogens (tertiary/aromatic N) is 1. The van der Waals surface area contributed by atoms with Crippen molar-refractivity contribution in [3.8, 4) is 5.75 Å². The van der Waals surface area contributed by atoms with Gasteiger partial charge in [0.05, 0.1) is 37.0 Å². The van der Waals surface area contributed by atoms with Crippen LogP contribution in [0.25, 0.3) is 0 Å². The molecule has 0 unspecified atom stereocenters. The molecule has 0 radical (unpaired) electrons. The monoisotopic (exact) mass is 566 g/mol. The SMILES string of the molecule is COc1cc2cc(c1Cl)N(C)C(=O)C[C@H](O)C(C)(C)O[C@H](C)[C@@H]1C[C@@](O)(NC(=O)O1)[C@H](OC)/C=C/C=C(\C)C2. The molecule has 0 aromatic heterocycles. The molecule has 0 spiro atoms. The molecular weight excluding hydrogens is 528 g/mol. The lowest BCUT2D eigenvalue weighted by Gasteiger charge is -2.43. The number of anilines is 1. The third-order valence-electron chi connectivity index (χ3n) is 7.18. The summed E-state index contributed by atoms with van der Waals surface area (Å²) in [6, 6.07) is 3.62. The number of halogens is 1. The molecule has 11 heteroatoms. The van der Waals surface area contributed by atoms with Crippen molar-refractivity contribution in [3.63, 3.8) is 0 Å². The zero-order valence-corrected chi connectivity index (χ0v) is 24.2. The van der Waals surface area contributed by atoms with E-state index in [1.807, 2.05) is 19.1 Å². The minimum atomic E-state index is -1.77. The average Bonchev–Trinajstić information content (AvgIpc) is 2.85. The normalized spacial score (nSPS) is 32.5. The zero-order valence-electron chi connectivity index (χ0n) is 23.5. The summed E-state index contributed by atoms with van der Waals surface area (Å²) >= 11 is 6.57. The summed E-state index contributed by atoms with van der Waals surface area (Å²) in [6.45, 7) is 6.90. The third-order valence-corrected chi connectivity index (χ3v) is 7.56. The van der Waals surface area contributed by atoms with Gasteiger partial charge in [0.25, 0.3) is 0 Å². The average molecular weight is 567 g/mol. The van der Waals surface area contributed by atoms with Gasteiger partial charge in [0, 0.05) is 20.6 Å². The molecule has 3 rings (SSSR count). The third kappa shape index (κ3) is 7.12. The van der Waals surface area contributed by atoms with Crippen LogP contribution >= 0.6 is 11.6 Å². The van der Waals surface area contributed by atoms with Crippen LogP contribution < -0.4 is 15.0 Å². The Balaban J connectivity index is 2.07.